The highest BCUT2D eigenvalue weighted by Crippen LogP contribution is 2.28. The van der Waals surface area contributed by atoms with Crippen LogP contribution < -0.4 is 16.0 Å². The Labute approximate surface area is 171 Å². The van der Waals surface area contributed by atoms with Crippen molar-refractivity contribution in [2.24, 2.45) is 14.1 Å². The molecular weight excluding hydrogens is 420 g/mol. The monoisotopic (exact) mass is 440 g/mol. The van der Waals surface area contributed by atoms with Crippen LogP contribution in [0.3, 0.4) is 0 Å². The van der Waals surface area contributed by atoms with Crippen LogP contribution >= 0.6 is 15.9 Å². The number of rotatable bonds is 5. The van der Waals surface area contributed by atoms with Crippen molar-refractivity contribution in [2.45, 2.75) is 13.5 Å². The Bertz CT molecular complexity index is 1140. The summed E-state index contributed by atoms with van der Waals surface area (Å²) < 4.78 is 9.41. The Hall–Kier alpha value is -2.86. The zero-order chi connectivity index (χ0) is 20.3. The fourth-order valence-electron chi connectivity index (χ4n) is 3.07. The molecule has 0 aliphatic rings. The Kier molecular flexibility index (Phi) is 5.99. The molecule has 0 atom stereocenters. The third-order valence-corrected chi connectivity index (χ3v) is 5.36. The van der Waals surface area contributed by atoms with Gasteiger partial charge in [-0.2, -0.15) is 0 Å². The largest absolute Gasteiger partial charge is 0.481 e. The van der Waals surface area contributed by atoms with Crippen molar-refractivity contribution in [3.8, 4) is 5.75 Å². The molecule has 0 saturated carbocycles. The van der Waals surface area contributed by atoms with Crippen LogP contribution in [0.5, 0.6) is 5.75 Å². The summed E-state index contributed by atoms with van der Waals surface area (Å²) in [7, 11) is 3.10. The molecule has 0 saturated heterocycles. The zero-order valence-corrected chi connectivity index (χ0v) is 17.6. The SMILES string of the molecule is C/C=C(\c1ccccc1)c1c(OCc2ccccc2Br)c(=O)n(C)c(=O)n1C. The first-order valence-corrected chi connectivity index (χ1v) is 9.63. The number of ether oxygens (including phenoxy) is 1. The highest BCUT2D eigenvalue weighted by Gasteiger charge is 2.21. The van der Waals surface area contributed by atoms with Gasteiger partial charge in [0.25, 0.3) is 5.56 Å². The molecule has 2 aromatic carbocycles. The maximum absolute atomic E-state index is 12.9. The minimum atomic E-state index is -0.458. The maximum atomic E-state index is 12.9. The maximum Gasteiger partial charge on any atom is 0.331 e. The lowest BCUT2D eigenvalue weighted by Gasteiger charge is -2.18. The normalized spacial score (nSPS) is 11.5. The Morgan fingerprint density at radius 2 is 1.64 bits per heavy atom. The molecule has 28 heavy (non-hydrogen) atoms. The van der Waals surface area contributed by atoms with Crippen LogP contribution in [0.2, 0.25) is 0 Å². The van der Waals surface area contributed by atoms with Gasteiger partial charge in [0, 0.05) is 29.7 Å². The van der Waals surface area contributed by atoms with Crippen LogP contribution in [0.25, 0.3) is 5.57 Å². The molecule has 0 amide bonds. The molecule has 5 nitrogen and oxygen atoms in total. The molecule has 144 valence electrons. The van der Waals surface area contributed by atoms with Crippen molar-refractivity contribution in [2.75, 3.05) is 0 Å². The third-order valence-electron chi connectivity index (χ3n) is 4.58. The molecule has 0 N–H and O–H groups in total. The number of hydrogen-bond acceptors (Lipinski definition) is 3. The quantitative estimate of drug-likeness (QED) is 0.604. The number of benzene rings is 2. The molecule has 0 radical (unpaired) electrons. The molecule has 0 aliphatic carbocycles. The molecule has 0 fully saturated rings. The van der Waals surface area contributed by atoms with E-state index in [1.54, 1.807) is 7.05 Å². The summed E-state index contributed by atoms with van der Waals surface area (Å²) in [6, 6.07) is 17.3. The first kappa shape index (κ1) is 19.9. The standard InChI is InChI=1S/C22H21BrN2O3/c1-4-17(15-10-6-5-7-11-15)19-20(21(26)25(3)22(27)24(19)2)28-14-16-12-8-9-13-18(16)23/h4-13H,14H2,1-3H3/b17-4+. The van der Waals surface area contributed by atoms with Gasteiger partial charge in [-0.15, -0.1) is 0 Å². The van der Waals surface area contributed by atoms with Gasteiger partial charge in [-0.1, -0.05) is 70.5 Å². The molecule has 0 aliphatic heterocycles. The second-order valence-electron chi connectivity index (χ2n) is 6.33. The number of aromatic nitrogens is 2. The van der Waals surface area contributed by atoms with E-state index in [2.05, 4.69) is 15.9 Å². The van der Waals surface area contributed by atoms with Crippen molar-refractivity contribution < 1.29 is 4.74 Å². The lowest BCUT2D eigenvalue weighted by atomic mass is 10.0. The summed E-state index contributed by atoms with van der Waals surface area (Å²) in [5.74, 6) is 0.150. The van der Waals surface area contributed by atoms with Crippen molar-refractivity contribution in [3.05, 3.63) is 103 Å². The fraction of sp³-hybridized carbons (Fsp3) is 0.182. The Morgan fingerprint density at radius 1 is 1.00 bits per heavy atom. The van der Waals surface area contributed by atoms with E-state index in [0.29, 0.717) is 5.69 Å². The summed E-state index contributed by atoms with van der Waals surface area (Å²) in [6.45, 7) is 2.08. The third kappa shape index (κ3) is 3.73. The van der Waals surface area contributed by atoms with E-state index in [4.69, 9.17) is 4.74 Å². The summed E-state index contributed by atoms with van der Waals surface area (Å²) in [6.07, 6.45) is 1.88. The summed E-state index contributed by atoms with van der Waals surface area (Å²) >= 11 is 3.50. The second kappa shape index (κ2) is 8.44. The summed E-state index contributed by atoms with van der Waals surface area (Å²) in [5, 5.41) is 0. The summed E-state index contributed by atoms with van der Waals surface area (Å²) in [5.41, 5.74) is 2.18. The van der Waals surface area contributed by atoms with Gasteiger partial charge in [0.2, 0.25) is 5.75 Å². The van der Waals surface area contributed by atoms with E-state index < -0.39 is 11.2 Å². The number of hydrogen-bond donors (Lipinski definition) is 0. The van der Waals surface area contributed by atoms with Gasteiger partial charge in [0.1, 0.15) is 12.3 Å². The van der Waals surface area contributed by atoms with Crippen LogP contribution in [-0.2, 0) is 20.7 Å². The fourth-order valence-corrected chi connectivity index (χ4v) is 3.47. The van der Waals surface area contributed by atoms with Crippen molar-refractivity contribution in [3.63, 3.8) is 0 Å². The molecule has 6 heteroatoms. The Balaban J connectivity index is 2.17. The van der Waals surface area contributed by atoms with Gasteiger partial charge in [-0.05, 0) is 18.6 Å². The van der Waals surface area contributed by atoms with Crippen LogP contribution in [-0.4, -0.2) is 9.13 Å². The molecule has 0 unspecified atom stereocenters. The van der Waals surface area contributed by atoms with Crippen molar-refractivity contribution in [1.29, 1.82) is 0 Å². The Morgan fingerprint density at radius 3 is 2.29 bits per heavy atom. The van der Waals surface area contributed by atoms with Gasteiger partial charge < -0.3 is 4.74 Å². The van der Waals surface area contributed by atoms with E-state index in [0.717, 1.165) is 25.7 Å². The van der Waals surface area contributed by atoms with Crippen LogP contribution in [0.4, 0.5) is 0 Å². The lowest BCUT2D eigenvalue weighted by molar-refractivity contribution is 0.293. The van der Waals surface area contributed by atoms with Crippen LogP contribution in [0, 0.1) is 0 Å². The first-order valence-electron chi connectivity index (χ1n) is 8.84. The average molecular weight is 441 g/mol. The number of allylic oxidation sites excluding steroid dienone is 1. The van der Waals surface area contributed by atoms with E-state index in [1.807, 2.05) is 67.6 Å². The molecule has 1 heterocycles. The second-order valence-corrected chi connectivity index (χ2v) is 7.19. The molecule has 0 bridgehead atoms. The van der Waals surface area contributed by atoms with Gasteiger partial charge >= 0.3 is 5.69 Å². The van der Waals surface area contributed by atoms with E-state index in [9.17, 15) is 9.59 Å². The van der Waals surface area contributed by atoms with Crippen LogP contribution in [0.1, 0.15) is 23.7 Å². The predicted molar refractivity (Wildman–Crippen MR) is 115 cm³/mol. The number of nitrogens with zero attached hydrogens (tertiary/aromatic N) is 2. The topological polar surface area (TPSA) is 53.2 Å². The number of halogens is 1. The van der Waals surface area contributed by atoms with Crippen LogP contribution in [0.15, 0.2) is 74.7 Å². The predicted octanol–water partition coefficient (Wildman–Crippen LogP) is 3.88. The van der Waals surface area contributed by atoms with E-state index >= 15 is 0 Å². The smallest absolute Gasteiger partial charge is 0.331 e. The average Bonchev–Trinajstić information content (AvgIpc) is 2.72. The van der Waals surface area contributed by atoms with Crippen molar-refractivity contribution >= 4 is 21.5 Å². The van der Waals surface area contributed by atoms with Gasteiger partial charge in [-0.25, -0.2) is 4.79 Å². The van der Waals surface area contributed by atoms with E-state index in [1.165, 1.54) is 11.6 Å². The minimum absolute atomic E-state index is 0.150. The van der Waals surface area contributed by atoms with Gasteiger partial charge in [0.05, 0.1) is 0 Å². The summed E-state index contributed by atoms with van der Waals surface area (Å²) in [4.78, 5) is 25.5. The highest BCUT2D eigenvalue weighted by atomic mass is 79.9. The molecule has 3 rings (SSSR count). The highest BCUT2D eigenvalue weighted by molar-refractivity contribution is 9.10. The molecule has 1 aromatic heterocycles. The lowest BCUT2D eigenvalue weighted by Crippen LogP contribution is -2.39. The van der Waals surface area contributed by atoms with E-state index in [-0.39, 0.29) is 12.4 Å². The molecule has 3 aromatic rings. The van der Waals surface area contributed by atoms with Gasteiger partial charge in [0.15, 0.2) is 0 Å². The minimum Gasteiger partial charge on any atom is -0.481 e. The molecule has 0 spiro atoms. The van der Waals surface area contributed by atoms with Gasteiger partial charge in [-0.3, -0.25) is 13.9 Å². The van der Waals surface area contributed by atoms with Crippen molar-refractivity contribution in [1.82, 2.24) is 9.13 Å². The zero-order valence-electron chi connectivity index (χ0n) is 16.0. The first-order chi connectivity index (χ1) is 13.5. The molecular formula is C22H21BrN2O3.